The molecular formula is C13H22N2O. The van der Waals surface area contributed by atoms with Crippen molar-refractivity contribution in [3.63, 3.8) is 0 Å². The summed E-state index contributed by atoms with van der Waals surface area (Å²) in [4.78, 5) is 0. The summed E-state index contributed by atoms with van der Waals surface area (Å²) in [6.45, 7) is 13.4. The Morgan fingerprint density at radius 3 is 2.44 bits per heavy atom. The third-order valence-corrected chi connectivity index (χ3v) is 2.38. The summed E-state index contributed by atoms with van der Waals surface area (Å²) in [5.74, 6) is 0.882. The van der Waals surface area contributed by atoms with Crippen molar-refractivity contribution < 1.29 is 4.52 Å². The van der Waals surface area contributed by atoms with Gasteiger partial charge in [-0.05, 0) is 47.6 Å². The quantitative estimate of drug-likeness (QED) is 0.854. The molecule has 0 saturated carbocycles. The number of rotatable bonds is 3. The van der Waals surface area contributed by atoms with Crippen molar-refractivity contribution in [1.29, 1.82) is 0 Å². The first-order valence-electron chi connectivity index (χ1n) is 5.64. The van der Waals surface area contributed by atoms with E-state index < -0.39 is 0 Å². The molecule has 16 heavy (non-hydrogen) atoms. The van der Waals surface area contributed by atoms with E-state index in [0.717, 1.165) is 23.6 Å². The number of nitrogens with zero attached hydrogens (tertiary/aromatic N) is 1. The smallest absolute Gasteiger partial charge is 0.141 e. The van der Waals surface area contributed by atoms with Crippen LogP contribution in [0.25, 0.3) is 6.08 Å². The molecule has 0 aromatic carbocycles. The highest BCUT2D eigenvalue weighted by Crippen LogP contribution is 2.16. The maximum Gasteiger partial charge on any atom is 0.141 e. The van der Waals surface area contributed by atoms with Gasteiger partial charge in [-0.15, -0.1) is 0 Å². The molecule has 0 aliphatic rings. The number of aromatic nitrogens is 1. The molecule has 0 spiro atoms. The van der Waals surface area contributed by atoms with Crippen LogP contribution in [0, 0.1) is 13.8 Å². The summed E-state index contributed by atoms with van der Waals surface area (Å²) in [6, 6.07) is 0. The van der Waals surface area contributed by atoms with Gasteiger partial charge in [0.2, 0.25) is 0 Å². The van der Waals surface area contributed by atoms with Crippen molar-refractivity contribution in [2.24, 2.45) is 0 Å². The van der Waals surface area contributed by atoms with Crippen molar-refractivity contribution in [1.82, 2.24) is 10.5 Å². The van der Waals surface area contributed by atoms with Crippen LogP contribution in [0.2, 0.25) is 0 Å². The Hall–Kier alpha value is -1.09. The summed E-state index contributed by atoms with van der Waals surface area (Å²) >= 11 is 0. The Morgan fingerprint density at radius 1 is 1.38 bits per heavy atom. The summed E-state index contributed by atoms with van der Waals surface area (Å²) < 4.78 is 5.13. The monoisotopic (exact) mass is 222 g/mol. The van der Waals surface area contributed by atoms with Gasteiger partial charge in [0.05, 0.1) is 5.69 Å². The number of hydrogen-bond acceptors (Lipinski definition) is 3. The Bertz CT molecular complexity index is 364. The SMILES string of the molecule is CC(=Cc1c(C)noc1C)CNC(C)(C)C. The number of nitrogens with one attached hydrogen (secondary N) is 1. The van der Waals surface area contributed by atoms with Gasteiger partial charge in [0, 0.05) is 17.6 Å². The van der Waals surface area contributed by atoms with E-state index in [0.29, 0.717) is 0 Å². The van der Waals surface area contributed by atoms with Crippen LogP contribution in [-0.2, 0) is 0 Å². The van der Waals surface area contributed by atoms with Crippen LogP contribution < -0.4 is 5.32 Å². The number of aryl methyl sites for hydroxylation is 2. The van der Waals surface area contributed by atoms with E-state index >= 15 is 0 Å². The lowest BCUT2D eigenvalue weighted by molar-refractivity contribution is 0.393. The highest BCUT2D eigenvalue weighted by molar-refractivity contribution is 5.56. The molecule has 1 aromatic heterocycles. The number of hydrogen-bond donors (Lipinski definition) is 1. The van der Waals surface area contributed by atoms with Crippen molar-refractivity contribution in [2.45, 2.75) is 47.1 Å². The highest BCUT2D eigenvalue weighted by atomic mass is 16.5. The van der Waals surface area contributed by atoms with Crippen LogP contribution in [0.3, 0.4) is 0 Å². The highest BCUT2D eigenvalue weighted by Gasteiger charge is 2.09. The molecule has 0 bridgehead atoms. The Balaban J connectivity index is 2.70. The molecule has 0 unspecified atom stereocenters. The molecule has 1 N–H and O–H groups in total. The van der Waals surface area contributed by atoms with Gasteiger partial charge in [0.1, 0.15) is 5.76 Å². The van der Waals surface area contributed by atoms with Crippen LogP contribution in [0.4, 0.5) is 0 Å². The summed E-state index contributed by atoms with van der Waals surface area (Å²) in [5.41, 5.74) is 3.48. The van der Waals surface area contributed by atoms with Gasteiger partial charge in [-0.25, -0.2) is 0 Å². The van der Waals surface area contributed by atoms with Crippen molar-refractivity contribution >= 4 is 6.08 Å². The molecule has 0 radical (unpaired) electrons. The van der Waals surface area contributed by atoms with Gasteiger partial charge in [-0.3, -0.25) is 0 Å². The minimum absolute atomic E-state index is 0.147. The summed E-state index contributed by atoms with van der Waals surface area (Å²) in [5, 5.41) is 7.39. The fourth-order valence-electron chi connectivity index (χ4n) is 1.40. The Kier molecular flexibility index (Phi) is 3.92. The fourth-order valence-corrected chi connectivity index (χ4v) is 1.40. The lowest BCUT2D eigenvalue weighted by Gasteiger charge is -2.20. The van der Waals surface area contributed by atoms with Crippen LogP contribution in [0.1, 0.15) is 44.7 Å². The van der Waals surface area contributed by atoms with Gasteiger partial charge in [0.25, 0.3) is 0 Å². The standard InChI is InChI=1S/C13H22N2O/c1-9(8-14-13(4,5)6)7-12-10(2)15-16-11(12)3/h7,14H,8H2,1-6H3. The van der Waals surface area contributed by atoms with E-state index in [9.17, 15) is 0 Å². The molecule has 1 aromatic rings. The molecule has 3 heteroatoms. The predicted octanol–water partition coefficient (Wildman–Crippen LogP) is 3.08. The van der Waals surface area contributed by atoms with Crippen molar-refractivity contribution in [2.75, 3.05) is 6.54 Å². The molecule has 1 rings (SSSR count). The van der Waals surface area contributed by atoms with E-state index in [1.165, 1.54) is 5.57 Å². The Labute approximate surface area is 97.9 Å². The van der Waals surface area contributed by atoms with Gasteiger partial charge in [0.15, 0.2) is 0 Å². The Morgan fingerprint density at radius 2 is 2.00 bits per heavy atom. The van der Waals surface area contributed by atoms with Crippen LogP contribution in [0.15, 0.2) is 10.1 Å². The molecule has 0 atom stereocenters. The molecule has 0 saturated heterocycles. The van der Waals surface area contributed by atoms with E-state index in [2.05, 4.69) is 44.2 Å². The minimum Gasteiger partial charge on any atom is -0.361 e. The molecule has 0 aliphatic carbocycles. The second-order valence-corrected chi connectivity index (χ2v) is 5.33. The second-order valence-electron chi connectivity index (χ2n) is 5.33. The van der Waals surface area contributed by atoms with E-state index in [1.54, 1.807) is 0 Å². The van der Waals surface area contributed by atoms with Crippen LogP contribution in [-0.4, -0.2) is 17.2 Å². The molecule has 3 nitrogen and oxygen atoms in total. The third kappa shape index (κ3) is 3.81. The van der Waals surface area contributed by atoms with Gasteiger partial charge in [-0.1, -0.05) is 10.7 Å². The minimum atomic E-state index is 0.147. The average molecular weight is 222 g/mol. The zero-order chi connectivity index (χ0) is 12.3. The lowest BCUT2D eigenvalue weighted by Crippen LogP contribution is -2.36. The first-order valence-corrected chi connectivity index (χ1v) is 5.64. The molecule has 1 heterocycles. The topological polar surface area (TPSA) is 38.1 Å². The zero-order valence-corrected chi connectivity index (χ0v) is 11.1. The largest absolute Gasteiger partial charge is 0.361 e. The third-order valence-electron chi connectivity index (χ3n) is 2.38. The average Bonchev–Trinajstić information content (AvgIpc) is 2.45. The maximum absolute atomic E-state index is 5.13. The first-order chi connectivity index (χ1) is 7.29. The van der Waals surface area contributed by atoms with Gasteiger partial charge >= 0.3 is 0 Å². The predicted molar refractivity (Wildman–Crippen MR) is 67.4 cm³/mol. The van der Waals surface area contributed by atoms with Crippen molar-refractivity contribution in [3.8, 4) is 0 Å². The lowest BCUT2D eigenvalue weighted by atomic mass is 10.1. The molecular weight excluding hydrogens is 200 g/mol. The first kappa shape index (κ1) is 13.0. The molecule has 0 amide bonds. The second kappa shape index (κ2) is 4.83. The van der Waals surface area contributed by atoms with E-state index in [4.69, 9.17) is 4.52 Å². The molecule has 0 aliphatic heterocycles. The zero-order valence-electron chi connectivity index (χ0n) is 11.1. The van der Waals surface area contributed by atoms with Crippen LogP contribution in [0.5, 0.6) is 0 Å². The fraction of sp³-hybridized carbons (Fsp3) is 0.615. The van der Waals surface area contributed by atoms with E-state index in [1.807, 2.05) is 13.8 Å². The normalized spacial score (nSPS) is 13.2. The molecule has 90 valence electrons. The maximum atomic E-state index is 5.13. The van der Waals surface area contributed by atoms with Crippen molar-refractivity contribution in [3.05, 3.63) is 22.6 Å². The summed E-state index contributed by atoms with van der Waals surface area (Å²) in [6.07, 6.45) is 2.14. The molecule has 0 fully saturated rings. The van der Waals surface area contributed by atoms with Gasteiger partial charge < -0.3 is 9.84 Å². The summed E-state index contributed by atoms with van der Waals surface area (Å²) in [7, 11) is 0. The van der Waals surface area contributed by atoms with E-state index in [-0.39, 0.29) is 5.54 Å². The van der Waals surface area contributed by atoms with Gasteiger partial charge in [-0.2, -0.15) is 0 Å². The van der Waals surface area contributed by atoms with Crippen LogP contribution >= 0.6 is 0 Å².